The Labute approximate surface area is 250 Å². The first-order chi connectivity index (χ1) is 18.8. The molecule has 0 heterocycles. The number of aliphatic hydroxyl groups is 1. The third kappa shape index (κ3) is 15.8. The molecule has 1 rings (SSSR count). The summed E-state index contributed by atoms with van der Waals surface area (Å²) in [6.07, 6.45) is 9.54. The Hall–Kier alpha value is -2.60. The highest BCUT2D eigenvalue weighted by Crippen LogP contribution is 2.27. The van der Waals surface area contributed by atoms with Gasteiger partial charge in [-0.25, -0.2) is 8.78 Å². The lowest BCUT2D eigenvalue weighted by Crippen LogP contribution is -2.30. The van der Waals surface area contributed by atoms with Crippen molar-refractivity contribution in [2.45, 2.75) is 133 Å². The number of hydrazone groups is 1. The van der Waals surface area contributed by atoms with Crippen LogP contribution >= 0.6 is 0 Å². The molecule has 0 unspecified atom stereocenters. The van der Waals surface area contributed by atoms with Crippen molar-refractivity contribution in [3.8, 4) is 0 Å². The quantitative estimate of drug-likeness (QED) is 0.117. The molecular weight excluding hydrogens is 518 g/mol. The van der Waals surface area contributed by atoms with E-state index in [1.165, 1.54) is 25.5 Å². The van der Waals surface area contributed by atoms with Crippen LogP contribution in [0.15, 0.2) is 47.2 Å². The topological polar surface area (TPSA) is 52.9 Å². The number of carbonyl (C=O) groups excluding carboxylic acids is 1. The summed E-state index contributed by atoms with van der Waals surface area (Å²) in [5.74, 6) is -2.65. The van der Waals surface area contributed by atoms with E-state index in [1.54, 1.807) is 32.9 Å². The summed E-state index contributed by atoms with van der Waals surface area (Å²) in [6, 6.07) is 2.95. The molecule has 1 N–H and O–H groups in total. The minimum absolute atomic E-state index is 0.118. The zero-order chi connectivity index (χ0) is 32.6. The maximum absolute atomic E-state index is 14.5. The standard InChI is InChI=1S/C24H32F2N2O.C6H14.C5H12O/c1-8-11-19(12-9-2)28(27-7)22(10-3)17(5)15-16(4)20-13-14-21(18(6)29)24(26)23(20)25;1-5-6(2,3)4;1-4-5(2,3)6/h10,13-15,19H,3,7-9,11-12H2,1-2,4-6H3;5H2,1-4H3;6H,4H2,1-3H3/b16-15+,22-17+;;. The fourth-order valence-corrected chi connectivity index (χ4v) is 3.48. The number of allylic oxidation sites excluding steroid dienone is 4. The Bertz CT molecular complexity index is 1010. The Morgan fingerprint density at radius 2 is 1.37 bits per heavy atom. The van der Waals surface area contributed by atoms with Crippen LogP contribution in [-0.2, 0) is 0 Å². The largest absolute Gasteiger partial charge is 0.390 e. The third-order valence-corrected chi connectivity index (χ3v) is 6.83. The molecule has 0 saturated carbocycles. The van der Waals surface area contributed by atoms with Gasteiger partial charge in [-0.05, 0) is 82.6 Å². The van der Waals surface area contributed by atoms with E-state index in [0.717, 1.165) is 43.4 Å². The molecule has 1 aromatic rings. The van der Waals surface area contributed by atoms with Crippen LogP contribution in [0.1, 0.15) is 138 Å². The van der Waals surface area contributed by atoms with Crippen molar-refractivity contribution in [2.75, 3.05) is 0 Å². The van der Waals surface area contributed by atoms with Gasteiger partial charge in [-0.2, -0.15) is 5.10 Å². The van der Waals surface area contributed by atoms with Crippen molar-refractivity contribution in [3.63, 3.8) is 0 Å². The molecule has 0 fully saturated rings. The smallest absolute Gasteiger partial charge is 0.170 e. The van der Waals surface area contributed by atoms with Gasteiger partial charge in [0, 0.05) is 12.3 Å². The maximum atomic E-state index is 14.5. The van der Waals surface area contributed by atoms with Crippen LogP contribution in [0.25, 0.3) is 5.57 Å². The molecule has 0 spiro atoms. The first-order valence-corrected chi connectivity index (χ1v) is 14.8. The van der Waals surface area contributed by atoms with E-state index in [4.69, 9.17) is 5.11 Å². The monoisotopic (exact) mass is 576 g/mol. The highest BCUT2D eigenvalue weighted by molar-refractivity contribution is 5.94. The minimum atomic E-state index is -1.12. The second-order valence-corrected chi connectivity index (χ2v) is 12.2. The number of Topliss-reactive ketones (excluding diaryl/α,β-unsaturated/α-hetero) is 1. The van der Waals surface area contributed by atoms with Gasteiger partial charge in [0.1, 0.15) is 0 Å². The summed E-state index contributed by atoms with van der Waals surface area (Å²) >= 11 is 0. The van der Waals surface area contributed by atoms with Gasteiger partial charge in [0.15, 0.2) is 17.4 Å². The lowest BCUT2D eigenvalue weighted by Gasteiger charge is -2.30. The van der Waals surface area contributed by atoms with Crippen LogP contribution in [0.5, 0.6) is 0 Å². The molecule has 0 bridgehead atoms. The van der Waals surface area contributed by atoms with E-state index < -0.39 is 23.0 Å². The number of benzene rings is 1. The molecule has 0 aliphatic heterocycles. The Kier molecular flexibility index (Phi) is 19.3. The number of rotatable bonds is 12. The summed E-state index contributed by atoms with van der Waals surface area (Å²) in [4.78, 5) is 11.4. The molecule has 0 aliphatic carbocycles. The van der Waals surface area contributed by atoms with Gasteiger partial charge < -0.3 is 5.11 Å². The average Bonchev–Trinajstić information content (AvgIpc) is 2.88. The fraction of sp³-hybridized carbons (Fsp3) is 0.600. The summed E-state index contributed by atoms with van der Waals surface area (Å²) in [5.41, 5.74) is 2.10. The van der Waals surface area contributed by atoms with E-state index in [2.05, 4.69) is 59.9 Å². The number of nitrogens with zero attached hydrogens (tertiary/aromatic N) is 2. The fourth-order valence-electron chi connectivity index (χ4n) is 3.48. The molecule has 0 radical (unpaired) electrons. The van der Waals surface area contributed by atoms with E-state index >= 15 is 0 Å². The first-order valence-electron chi connectivity index (χ1n) is 14.8. The van der Waals surface area contributed by atoms with Crippen LogP contribution in [0.4, 0.5) is 8.78 Å². The van der Waals surface area contributed by atoms with Crippen molar-refractivity contribution < 1.29 is 18.7 Å². The minimum Gasteiger partial charge on any atom is -0.390 e. The number of hydrogen-bond acceptors (Lipinski definition) is 4. The Balaban J connectivity index is 0. The molecule has 6 heteroatoms. The molecule has 1 aromatic carbocycles. The van der Waals surface area contributed by atoms with E-state index in [1.807, 2.05) is 18.9 Å². The van der Waals surface area contributed by atoms with Crippen molar-refractivity contribution in [1.82, 2.24) is 5.01 Å². The lowest BCUT2D eigenvalue weighted by molar-refractivity contribution is 0.0764. The van der Waals surface area contributed by atoms with E-state index in [9.17, 15) is 13.6 Å². The SMILES string of the molecule is C=C/C(=C(C)\C=C(/C)c1ccc(C(C)=O)c(F)c1F)N(N=C)C(CCC)CCC.CCC(C)(C)C.CCC(C)(C)O. The molecule has 4 nitrogen and oxygen atoms in total. The Morgan fingerprint density at radius 1 is 0.951 bits per heavy atom. The predicted molar refractivity (Wildman–Crippen MR) is 174 cm³/mol. The second kappa shape index (κ2) is 19.5. The lowest BCUT2D eigenvalue weighted by atomic mass is 9.94. The van der Waals surface area contributed by atoms with Crippen molar-refractivity contribution in [1.29, 1.82) is 0 Å². The number of ketones is 1. The van der Waals surface area contributed by atoms with Crippen molar-refractivity contribution >= 4 is 18.1 Å². The molecule has 0 aliphatic rings. The predicted octanol–water partition coefficient (Wildman–Crippen LogP) is 10.5. The number of halogens is 2. The molecule has 234 valence electrons. The van der Waals surface area contributed by atoms with Gasteiger partial charge in [-0.1, -0.05) is 86.4 Å². The third-order valence-electron chi connectivity index (χ3n) is 6.83. The molecular formula is C35H58F2N2O2. The number of carbonyl (C=O) groups is 1. The van der Waals surface area contributed by atoms with Gasteiger partial charge >= 0.3 is 0 Å². The zero-order valence-corrected chi connectivity index (χ0v) is 28.0. The van der Waals surface area contributed by atoms with Crippen molar-refractivity contribution in [2.24, 2.45) is 10.5 Å². The summed E-state index contributed by atoms with van der Waals surface area (Å²) < 4.78 is 28.7. The molecule has 0 aromatic heterocycles. The van der Waals surface area contributed by atoms with Crippen LogP contribution in [-0.4, -0.2) is 34.3 Å². The number of hydrogen-bond donors (Lipinski definition) is 1. The highest BCUT2D eigenvalue weighted by Gasteiger charge is 2.20. The van der Waals surface area contributed by atoms with Gasteiger partial charge in [0.25, 0.3) is 0 Å². The average molecular weight is 577 g/mol. The van der Waals surface area contributed by atoms with Gasteiger partial charge in [0.2, 0.25) is 0 Å². The first kappa shape index (κ1) is 40.5. The second-order valence-electron chi connectivity index (χ2n) is 12.2. The summed E-state index contributed by atoms with van der Waals surface area (Å²) in [6.45, 7) is 31.2. The van der Waals surface area contributed by atoms with Crippen LogP contribution in [0.2, 0.25) is 0 Å². The normalized spacial score (nSPS) is 12.4. The molecule has 41 heavy (non-hydrogen) atoms. The molecule has 0 atom stereocenters. The Morgan fingerprint density at radius 3 is 1.68 bits per heavy atom. The highest BCUT2D eigenvalue weighted by atomic mass is 19.2. The van der Waals surface area contributed by atoms with Crippen LogP contribution < -0.4 is 0 Å². The van der Waals surface area contributed by atoms with Gasteiger partial charge in [-0.3, -0.25) is 9.80 Å². The summed E-state index contributed by atoms with van der Waals surface area (Å²) in [5, 5.41) is 14.9. The van der Waals surface area contributed by atoms with Crippen molar-refractivity contribution in [3.05, 3.63) is 64.9 Å². The van der Waals surface area contributed by atoms with E-state index in [-0.39, 0.29) is 17.2 Å². The summed E-state index contributed by atoms with van der Waals surface area (Å²) in [7, 11) is 0. The maximum Gasteiger partial charge on any atom is 0.170 e. The van der Waals surface area contributed by atoms with Crippen LogP contribution in [0, 0.1) is 17.0 Å². The van der Waals surface area contributed by atoms with E-state index in [0.29, 0.717) is 11.0 Å². The van der Waals surface area contributed by atoms with Gasteiger partial charge in [-0.15, -0.1) is 0 Å². The molecule has 0 amide bonds. The zero-order valence-electron chi connectivity index (χ0n) is 28.0. The van der Waals surface area contributed by atoms with Gasteiger partial charge in [0.05, 0.1) is 22.9 Å². The van der Waals surface area contributed by atoms with Crippen LogP contribution in [0.3, 0.4) is 0 Å². The molecule has 0 saturated heterocycles.